The Morgan fingerprint density at radius 2 is 1.84 bits per heavy atom. The van der Waals surface area contributed by atoms with E-state index in [1.165, 1.54) is 0 Å². The molecule has 1 aromatic carbocycles. The molecule has 3 aliphatic carbocycles. The maximum absolute atomic E-state index is 13.6. The van der Waals surface area contributed by atoms with Crippen LogP contribution in [0.25, 0.3) is 5.76 Å². The summed E-state index contributed by atoms with van der Waals surface area (Å²) in [5.74, 6) is -5.17. The number of amides is 1. The summed E-state index contributed by atoms with van der Waals surface area (Å²) in [5.41, 5.74) is 7.44. The van der Waals surface area contributed by atoms with Crippen molar-refractivity contribution < 1.29 is 29.7 Å². The summed E-state index contributed by atoms with van der Waals surface area (Å²) in [5, 5.41) is 36.7. The summed E-state index contributed by atoms with van der Waals surface area (Å²) in [6.45, 7) is 7.60. The van der Waals surface area contributed by atoms with Gasteiger partial charge >= 0.3 is 0 Å². The smallest absolute Gasteiger partial charge is 0.255 e. The molecule has 1 aromatic rings. The van der Waals surface area contributed by atoms with E-state index in [1.807, 2.05) is 25.1 Å². The summed E-state index contributed by atoms with van der Waals surface area (Å²) >= 11 is 0. The second-order valence-electron chi connectivity index (χ2n) is 11.9. The van der Waals surface area contributed by atoms with Crippen LogP contribution in [0.4, 0.5) is 5.69 Å². The van der Waals surface area contributed by atoms with Crippen LogP contribution in [0.2, 0.25) is 0 Å². The summed E-state index contributed by atoms with van der Waals surface area (Å²) in [6, 6.07) is 1.90. The van der Waals surface area contributed by atoms with E-state index in [0.29, 0.717) is 24.9 Å². The van der Waals surface area contributed by atoms with Crippen molar-refractivity contribution in [3.05, 3.63) is 39.7 Å². The van der Waals surface area contributed by atoms with Crippen LogP contribution in [-0.4, -0.2) is 53.4 Å². The Morgan fingerprint density at radius 3 is 2.43 bits per heavy atom. The molecule has 9 nitrogen and oxygen atoms in total. The molecule has 0 aliphatic heterocycles. The number of carbonyl (C=O) groups excluding carboxylic acids is 3. The molecule has 1 fully saturated rings. The van der Waals surface area contributed by atoms with Crippen molar-refractivity contribution in [3.8, 4) is 5.75 Å². The molecule has 0 spiro atoms. The number of Topliss-reactive ketones (excluding diaryl/α,β-unsaturated/α-hetero) is 2. The molecular formula is C28H37N3O6. The van der Waals surface area contributed by atoms with E-state index < -0.39 is 40.6 Å². The number of aromatic hydroxyl groups is 1. The van der Waals surface area contributed by atoms with Gasteiger partial charge < -0.3 is 31.3 Å². The van der Waals surface area contributed by atoms with E-state index in [9.17, 15) is 29.7 Å². The molecule has 0 heterocycles. The quantitative estimate of drug-likeness (QED) is 0.289. The average molecular weight is 512 g/mol. The Kier molecular flexibility index (Phi) is 6.88. The number of ketones is 2. The highest BCUT2D eigenvalue weighted by atomic mass is 16.3. The summed E-state index contributed by atoms with van der Waals surface area (Å²) < 4.78 is 0. The van der Waals surface area contributed by atoms with Gasteiger partial charge in [-0.15, -0.1) is 0 Å². The van der Waals surface area contributed by atoms with Gasteiger partial charge in [0.2, 0.25) is 0 Å². The number of hydrogen-bond acceptors (Lipinski definition) is 8. The number of aliphatic hydroxyl groups excluding tert-OH is 2. The minimum absolute atomic E-state index is 0.0684. The fraction of sp³-hybridized carbons (Fsp3) is 0.536. The van der Waals surface area contributed by atoms with Crippen molar-refractivity contribution in [1.29, 1.82) is 0 Å². The van der Waals surface area contributed by atoms with Crippen LogP contribution in [0, 0.1) is 23.2 Å². The number of phenolic OH excluding ortho intramolecular Hbond substituents is 1. The molecule has 0 aromatic heterocycles. The van der Waals surface area contributed by atoms with E-state index in [0.717, 1.165) is 24.2 Å². The van der Waals surface area contributed by atoms with Crippen LogP contribution in [0.1, 0.15) is 56.7 Å². The average Bonchev–Trinajstić information content (AvgIpc) is 2.76. The zero-order chi connectivity index (χ0) is 27.4. The number of aliphatic hydroxyl groups is 2. The number of hydrogen-bond donors (Lipinski definition) is 5. The largest absolute Gasteiger partial charge is 0.511 e. The number of primary amides is 1. The van der Waals surface area contributed by atoms with Gasteiger partial charge in [0.05, 0.1) is 11.5 Å². The lowest BCUT2D eigenvalue weighted by Gasteiger charge is -2.41. The number of benzene rings is 1. The first-order valence-corrected chi connectivity index (χ1v) is 12.7. The molecule has 9 heteroatoms. The first kappa shape index (κ1) is 26.7. The highest BCUT2D eigenvalue weighted by molar-refractivity contribution is 6.21. The van der Waals surface area contributed by atoms with E-state index >= 15 is 0 Å². The van der Waals surface area contributed by atoms with Crippen molar-refractivity contribution in [2.75, 3.05) is 25.5 Å². The molecule has 3 aliphatic rings. The number of nitrogens with two attached hydrogens (primary N) is 1. The lowest BCUT2D eigenvalue weighted by molar-refractivity contribution is -0.127. The highest BCUT2D eigenvalue weighted by Crippen LogP contribution is 2.52. The number of carbonyl (C=O) groups is 3. The van der Waals surface area contributed by atoms with Gasteiger partial charge in [0.25, 0.3) is 5.91 Å². The van der Waals surface area contributed by atoms with E-state index in [-0.39, 0.29) is 40.4 Å². The SMILES string of the molecule is CN(C)c1cc(CNCCC(C)(C)C)c(O)c2c1CC1CC3CC(=O)C(C(N)=O)=C(O)C3C(=O)C1=C2O. The Hall–Kier alpha value is -3.33. The Morgan fingerprint density at radius 1 is 1.16 bits per heavy atom. The van der Waals surface area contributed by atoms with Crippen molar-refractivity contribution in [2.45, 2.75) is 53.0 Å². The third-order valence-electron chi connectivity index (χ3n) is 7.79. The summed E-state index contributed by atoms with van der Waals surface area (Å²) in [6.07, 6.45) is 1.64. The fourth-order valence-corrected chi connectivity index (χ4v) is 5.96. The van der Waals surface area contributed by atoms with Crippen LogP contribution in [0.15, 0.2) is 23.0 Å². The molecule has 0 radical (unpaired) electrons. The molecule has 4 rings (SSSR count). The fourth-order valence-electron chi connectivity index (χ4n) is 5.96. The van der Waals surface area contributed by atoms with Gasteiger partial charge in [-0.05, 0) is 54.7 Å². The normalized spacial score (nSPS) is 23.5. The molecule has 200 valence electrons. The van der Waals surface area contributed by atoms with Gasteiger partial charge in [0.1, 0.15) is 22.8 Å². The molecule has 1 amide bonds. The number of allylic oxidation sites excluding steroid dienone is 2. The molecule has 0 saturated heterocycles. The molecular weight excluding hydrogens is 474 g/mol. The monoisotopic (exact) mass is 511 g/mol. The van der Waals surface area contributed by atoms with Crippen molar-refractivity contribution >= 4 is 28.9 Å². The zero-order valence-corrected chi connectivity index (χ0v) is 22.1. The molecule has 1 saturated carbocycles. The third-order valence-corrected chi connectivity index (χ3v) is 7.79. The summed E-state index contributed by atoms with van der Waals surface area (Å²) in [4.78, 5) is 39.8. The van der Waals surface area contributed by atoms with Crippen LogP contribution >= 0.6 is 0 Å². The maximum Gasteiger partial charge on any atom is 0.255 e. The zero-order valence-electron chi connectivity index (χ0n) is 22.1. The predicted molar refractivity (Wildman–Crippen MR) is 140 cm³/mol. The molecule has 6 N–H and O–H groups in total. The number of nitrogens with zero attached hydrogens (tertiary/aromatic N) is 1. The standard InChI is InChI=1S/C28H37N3O6/c1-28(2,3)6-7-30-12-15-10-17(31(4)5)16-9-13-8-14-11-18(32)22(27(29)37)26(36)20(14)24(34)19(13)25(35)21(16)23(15)33/h10,13-14,20,30,33,35-36H,6-9,11-12H2,1-5H3,(H2,29,37). The van der Waals surface area contributed by atoms with Crippen LogP contribution in [0.5, 0.6) is 5.75 Å². The second-order valence-corrected chi connectivity index (χ2v) is 11.9. The number of fused-ring (bicyclic) bond motifs is 3. The van der Waals surface area contributed by atoms with Crippen molar-refractivity contribution in [1.82, 2.24) is 5.32 Å². The third kappa shape index (κ3) is 4.72. The van der Waals surface area contributed by atoms with Crippen molar-refractivity contribution in [3.63, 3.8) is 0 Å². The van der Waals surface area contributed by atoms with Gasteiger partial charge in [0, 0.05) is 43.9 Å². The van der Waals surface area contributed by atoms with Crippen LogP contribution < -0.4 is 16.0 Å². The van der Waals surface area contributed by atoms with Gasteiger partial charge in [-0.3, -0.25) is 14.4 Å². The Labute approximate surface area is 217 Å². The lowest BCUT2D eigenvalue weighted by atomic mass is 9.61. The molecule has 37 heavy (non-hydrogen) atoms. The Bertz CT molecular complexity index is 1240. The topological polar surface area (TPSA) is 153 Å². The minimum Gasteiger partial charge on any atom is -0.511 e. The van der Waals surface area contributed by atoms with Gasteiger partial charge in [-0.2, -0.15) is 0 Å². The lowest BCUT2D eigenvalue weighted by Crippen LogP contribution is -2.44. The van der Waals surface area contributed by atoms with Crippen LogP contribution in [-0.2, 0) is 27.3 Å². The minimum atomic E-state index is -1.12. The second kappa shape index (κ2) is 9.52. The van der Waals surface area contributed by atoms with Crippen LogP contribution in [0.3, 0.4) is 0 Å². The maximum atomic E-state index is 13.6. The van der Waals surface area contributed by atoms with E-state index in [1.54, 1.807) is 0 Å². The molecule has 3 atom stereocenters. The molecule has 3 unspecified atom stereocenters. The first-order valence-electron chi connectivity index (χ1n) is 12.7. The summed E-state index contributed by atoms with van der Waals surface area (Å²) in [7, 11) is 3.77. The Balaban J connectivity index is 1.77. The van der Waals surface area contributed by atoms with E-state index in [4.69, 9.17) is 5.73 Å². The number of nitrogens with one attached hydrogen (secondary N) is 1. The van der Waals surface area contributed by atoms with E-state index in [2.05, 4.69) is 26.1 Å². The van der Waals surface area contributed by atoms with Crippen molar-refractivity contribution in [2.24, 2.45) is 28.9 Å². The van der Waals surface area contributed by atoms with Gasteiger partial charge in [0.15, 0.2) is 11.6 Å². The number of rotatable bonds is 6. The van der Waals surface area contributed by atoms with Gasteiger partial charge in [-0.25, -0.2) is 0 Å². The number of anilines is 1. The highest BCUT2D eigenvalue weighted by Gasteiger charge is 2.51. The number of phenols is 1. The predicted octanol–water partition coefficient (Wildman–Crippen LogP) is 2.90. The van der Waals surface area contributed by atoms with Gasteiger partial charge in [-0.1, -0.05) is 20.8 Å². The molecule has 0 bridgehead atoms. The first-order chi connectivity index (χ1) is 17.2.